The number of aromatic nitrogens is 2. The topological polar surface area (TPSA) is 37.8 Å². The molecule has 0 radical (unpaired) electrons. The molecule has 1 N–H and O–H groups in total. The Balaban J connectivity index is 2.16. The Morgan fingerprint density at radius 2 is 1.85 bits per heavy atom. The Bertz CT molecular complexity index is 569. The van der Waals surface area contributed by atoms with Crippen LogP contribution in [0.1, 0.15) is 37.0 Å². The predicted molar refractivity (Wildman–Crippen MR) is 84.2 cm³/mol. The van der Waals surface area contributed by atoms with Crippen molar-refractivity contribution < 1.29 is 0 Å². The number of nitrogens with one attached hydrogen (secondary N) is 1. The summed E-state index contributed by atoms with van der Waals surface area (Å²) in [5.74, 6) is 0.845. The van der Waals surface area contributed by atoms with Crippen LogP contribution in [0.5, 0.6) is 0 Å². The van der Waals surface area contributed by atoms with Crippen molar-refractivity contribution in [1.29, 1.82) is 0 Å². The van der Waals surface area contributed by atoms with Crippen LogP contribution in [0.15, 0.2) is 30.6 Å². The van der Waals surface area contributed by atoms with Crippen molar-refractivity contribution in [2.45, 2.75) is 39.7 Å². The van der Waals surface area contributed by atoms with E-state index in [-0.39, 0.29) is 0 Å². The van der Waals surface area contributed by atoms with Gasteiger partial charge in [-0.3, -0.25) is 0 Å². The first kappa shape index (κ1) is 14.8. The number of benzene rings is 1. The van der Waals surface area contributed by atoms with Crippen LogP contribution in [-0.4, -0.2) is 9.97 Å². The molecule has 1 aromatic heterocycles. The van der Waals surface area contributed by atoms with Gasteiger partial charge in [0.2, 0.25) is 0 Å². The molecule has 106 valence electrons. The smallest absolute Gasteiger partial charge is 0.137 e. The van der Waals surface area contributed by atoms with E-state index < -0.39 is 0 Å². The fourth-order valence-electron chi connectivity index (χ4n) is 2.27. The maximum absolute atomic E-state index is 6.16. The molecule has 0 amide bonds. The lowest BCUT2D eigenvalue weighted by Crippen LogP contribution is -2.07. The molecule has 0 aliphatic heterocycles. The predicted octanol–water partition coefficient (Wildman–Crippen LogP) is 4.26. The third-order valence-corrected chi connectivity index (χ3v) is 3.66. The van der Waals surface area contributed by atoms with Gasteiger partial charge < -0.3 is 5.32 Å². The molecule has 1 heterocycles. The van der Waals surface area contributed by atoms with Crippen molar-refractivity contribution in [3.63, 3.8) is 0 Å². The molecule has 0 aliphatic carbocycles. The van der Waals surface area contributed by atoms with Crippen LogP contribution < -0.4 is 5.32 Å². The monoisotopic (exact) mass is 289 g/mol. The molecule has 0 atom stereocenters. The molecule has 3 nitrogen and oxygen atoms in total. The van der Waals surface area contributed by atoms with Gasteiger partial charge in [0.1, 0.15) is 17.3 Å². The van der Waals surface area contributed by atoms with E-state index in [2.05, 4.69) is 53.4 Å². The maximum Gasteiger partial charge on any atom is 0.137 e. The van der Waals surface area contributed by atoms with Gasteiger partial charge >= 0.3 is 0 Å². The average molecular weight is 290 g/mol. The summed E-state index contributed by atoms with van der Waals surface area (Å²) in [6.07, 6.45) is 4.45. The summed E-state index contributed by atoms with van der Waals surface area (Å²) in [5.41, 5.74) is 3.66. The normalized spacial score (nSPS) is 10.6. The standard InChI is InChI=1S/C16H20ClN3/c1-3-7-14-15(17)19-11-20-16(14)18-10-13-9-6-5-8-12(13)4-2/h5-6,8-9,11H,3-4,7,10H2,1-2H3,(H,18,19,20). The first-order chi connectivity index (χ1) is 9.76. The van der Waals surface area contributed by atoms with E-state index in [1.165, 1.54) is 17.5 Å². The van der Waals surface area contributed by atoms with Gasteiger partial charge in [-0.2, -0.15) is 0 Å². The van der Waals surface area contributed by atoms with Gasteiger partial charge in [0.05, 0.1) is 0 Å². The van der Waals surface area contributed by atoms with Gasteiger partial charge in [-0.25, -0.2) is 9.97 Å². The maximum atomic E-state index is 6.16. The van der Waals surface area contributed by atoms with Crippen LogP contribution in [0.2, 0.25) is 5.15 Å². The van der Waals surface area contributed by atoms with Crippen molar-refractivity contribution in [2.24, 2.45) is 0 Å². The van der Waals surface area contributed by atoms with E-state index in [0.29, 0.717) is 5.15 Å². The highest BCUT2D eigenvalue weighted by molar-refractivity contribution is 6.30. The van der Waals surface area contributed by atoms with E-state index in [0.717, 1.165) is 37.2 Å². The fraction of sp³-hybridized carbons (Fsp3) is 0.375. The Labute approximate surface area is 125 Å². The summed E-state index contributed by atoms with van der Waals surface area (Å²) in [7, 11) is 0. The van der Waals surface area contributed by atoms with E-state index in [9.17, 15) is 0 Å². The summed E-state index contributed by atoms with van der Waals surface area (Å²) >= 11 is 6.16. The molecular weight excluding hydrogens is 270 g/mol. The Morgan fingerprint density at radius 1 is 1.10 bits per heavy atom. The summed E-state index contributed by atoms with van der Waals surface area (Å²) < 4.78 is 0. The van der Waals surface area contributed by atoms with Crippen LogP contribution in [0.3, 0.4) is 0 Å². The highest BCUT2D eigenvalue weighted by atomic mass is 35.5. The van der Waals surface area contributed by atoms with E-state index in [1.54, 1.807) is 0 Å². The molecule has 0 aliphatic rings. The number of anilines is 1. The second-order valence-electron chi connectivity index (χ2n) is 4.72. The molecule has 0 saturated carbocycles. The molecule has 1 aromatic carbocycles. The quantitative estimate of drug-likeness (QED) is 0.808. The van der Waals surface area contributed by atoms with Crippen LogP contribution in [0.4, 0.5) is 5.82 Å². The minimum absolute atomic E-state index is 0.549. The van der Waals surface area contributed by atoms with E-state index in [4.69, 9.17) is 11.6 Å². The lowest BCUT2D eigenvalue weighted by Gasteiger charge is -2.13. The van der Waals surface area contributed by atoms with E-state index >= 15 is 0 Å². The second-order valence-corrected chi connectivity index (χ2v) is 5.08. The van der Waals surface area contributed by atoms with Gasteiger partial charge in [0.15, 0.2) is 0 Å². The van der Waals surface area contributed by atoms with Crippen LogP contribution in [0.25, 0.3) is 0 Å². The lowest BCUT2D eigenvalue weighted by molar-refractivity contribution is 0.896. The van der Waals surface area contributed by atoms with Gasteiger partial charge in [-0.15, -0.1) is 0 Å². The molecule has 0 spiro atoms. The minimum atomic E-state index is 0.549. The minimum Gasteiger partial charge on any atom is -0.366 e. The molecule has 2 aromatic rings. The first-order valence-corrected chi connectivity index (χ1v) is 7.44. The molecule has 0 unspecified atom stereocenters. The second kappa shape index (κ2) is 7.25. The molecule has 0 saturated heterocycles. The average Bonchev–Trinajstić information content (AvgIpc) is 2.48. The number of halogens is 1. The third-order valence-electron chi connectivity index (χ3n) is 3.34. The molecule has 2 rings (SSSR count). The Morgan fingerprint density at radius 3 is 2.55 bits per heavy atom. The number of hydrogen-bond acceptors (Lipinski definition) is 3. The molecule has 0 bridgehead atoms. The molecule has 4 heteroatoms. The van der Waals surface area contributed by atoms with Gasteiger partial charge in [-0.1, -0.05) is 56.1 Å². The van der Waals surface area contributed by atoms with Crippen molar-refractivity contribution in [1.82, 2.24) is 9.97 Å². The summed E-state index contributed by atoms with van der Waals surface area (Å²) in [6, 6.07) is 8.45. The lowest BCUT2D eigenvalue weighted by atomic mass is 10.1. The van der Waals surface area contributed by atoms with Crippen molar-refractivity contribution in [2.75, 3.05) is 5.32 Å². The van der Waals surface area contributed by atoms with Gasteiger partial charge in [0, 0.05) is 12.1 Å². The Hall–Kier alpha value is -1.61. The fourth-order valence-corrected chi connectivity index (χ4v) is 2.50. The zero-order valence-electron chi connectivity index (χ0n) is 12.0. The third kappa shape index (κ3) is 3.48. The van der Waals surface area contributed by atoms with E-state index in [1.807, 2.05) is 0 Å². The highest BCUT2D eigenvalue weighted by Gasteiger charge is 2.09. The van der Waals surface area contributed by atoms with Crippen molar-refractivity contribution in [3.8, 4) is 0 Å². The van der Waals surface area contributed by atoms with Crippen LogP contribution in [0, 0.1) is 0 Å². The first-order valence-electron chi connectivity index (χ1n) is 7.06. The van der Waals surface area contributed by atoms with Crippen LogP contribution in [-0.2, 0) is 19.4 Å². The van der Waals surface area contributed by atoms with Crippen molar-refractivity contribution >= 4 is 17.4 Å². The molecule has 20 heavy (non-hydrogen) atoms. The highest BCUT2D eigenvalue weighted by Crippen LogP contribution is 2.22. The number of aryl methyl sites for hydroxylation is 1. The van der Waals surface area contributed by atoms with Gasteiger partial charge in [-0.05, 0) is 24.0 Å². The largest absolute Gasteiger partial charge is 0.366 e. The summed E-state index contributed by atoms with van der Waals surface area (Å²) in [6.45, 7) is 5.05. The summed E-state index contributed by atoms with van der Waals surface area (Å²) in [4.78, 5) is 8.38. The summed E-state index contributed by atoms with van der Waals surface area (Å²) in [5, 5.41) is 3.94. The molecule has 0 fully saturated rings. The van der Waals surface area contributed by atoms with Crippen molar-refractivity contribution in [3.05, 3.63) is 52.4 Å². The zero-order valence-corrected chi connectivity index (χ0v) is 12.7. The number of nitrogens with zero attached hydrogens (tertiary/aromatic N) is 2. The zero-order chi connectivity index (χ0) is 14.4. The number of hydrogen-bond donors (Lipinski definition) is 1. The SMILES string of the molecule is CCCc1c(Cl)ncnc1NCc1ccccc1CC. The Kier molecular flexibility index (Phi) is 5.36. The molecular formula is C16H20ClN3. The van der Waals surface area contributed by atoms with Gasteiger partial charge in [0.25, 0.3) is 0 Å². The number of rotatable bonds is 6. The van der Waals surface area contributed by atoms with Crippen LogP contribution >= 0.6 is 11.6 Å².